The Hall–Kier alpha value is -3.16. The van der Waals surface area contributed by atoms with Crippen molar-refractivity contribution >= 4 is 17.6 Å². The van der Waals surface area contributed by atoms with Crippen LogP contribution in [0.5, 0.6) is 5.75 Å². The number of amides is 2. The summed E-state index contributed by atoms with van der Waals surface area (Å²) in [5, 5.41) is 12.1. The molecule has 8 heteroatoms. The van der Waals surface area contributed by atoms with Crippen molar-refractivity contribution in [2.45, 2.75) is 19.4 Å². The van der Waals surface area contributed by atoms with Gasteiger partial charge in [-0.25, -0.2) is 4.98 Å². The summed E-state index contributed by atoms with van der Waals surface area (Å²) in [5.74, 6) is 0.180. The number of nitrogens with two attached hydrogens (primary N) is 1. The molecular weight excluding hydrogens is 334 g/mol. The fourth-order valence-electron chi connectivity index (χ4n) is 2.95. The zero-order valence-electron chi connectivity index (χ0n) is 14.3. The van der Waals surface area contributed by atoms with E-state index in [4.69, 9.17) is 5.73 Å². The first kappa shape index (κ1) is 17.7. The molecule has 0 atom stereocenters. The predicted octanol–water partition coefficient (Wildman–Crippen LogP) is 0.814. The number of aromatic nitrogens is 2. The van der Waals surface area contributed by atoms with Crippen molar-refractivity contribution < 1.29 is 14.7 Å². The summed E-state index contributed by atoms with van der Waals surface area (Å²) in [4.78, 5) is 34.0. The normalized spacial score (nSPS) is 14.8. The van der Waals surface area contributed by atoms with Gasteiger partial charge < -0.3 is 21.1 Å². The van der Waals surface area contributed by atoms with Gasteiger partial charge >= 0.3 is 0 Å². The molecule has 1 aliphatic rings. The first-order valence-corrected chi connectivity index (χ1v) is 8.46. The molecule has 8 nitrogen and oxygen atoms in total. The van der Waals surface area contributed by atoms with Gasteiger partial charge in [-0.1, -0.05) is 6.07 Å². The molecule has 1 saturated heterocycles. The molecule has 0 spiro atoms. The lowest BCUT2D eigenvalue weighted by Crippen LogP contribution is -2.40. The number of aromatic hydroxyl groups is 1. The maximum absolute atomic E-state index is 12.3. The number of pyridine rings is 2. The van der Waals surface area contributed by atoms with Crippen LogP contribution in [0.3, 0.4) is 0 Å². The van der Waals surface area contributed by atoms with Crippen LogP contribution in [-0.2, 0) is 11.3 Å². The largest absolute Gasteiger partial charge is 0.506 e. The lowest BCUT2D eigenvalue weighted by molar-refractivity contribution is -0.125. The zero-order chi connectivity index (χ0) is 18.5. The fourth-order valence-corrected chi connectivity index (χ4v) is 2.95. The van der Waals surface area contributed by atoms with Crippen LogP contribution < -0.4 is 16.0 Å². The van der Waals surface area contributed by atoms with E-state index in [1.165, 1.54) is 6.20 Å². The highest BCUT2D eigenvalue weighted by molar-refractivity contribution is 5.91. The summed E-state index contributed by atoms with van der Waals surface area (Å²) in [7, 11) is 0. The number of hydrogen-bond acceptors (Lipinski definition) is 6. The SMILES string of the molecule is NC(=O)c1cccc(N2CCC(C(=O)NCc3ccc(O)cn3)CC2)n1. The fraction of sp³-hybridized carbons (Fsp3) is 0.333. The van der Waals surface area contributed by atoms with Crippen LogP contribution in [0.1, 0.15) is 29.0 Å². The monoisotopic (exact) mass is 355 g/mol. The van der Waals surface area contributed by atoms with Crippen LogP contribution in [0.25, 0.3) is 0 Å². The summed E-state index contributed by atoms with van der Waals surface area (Å²) in [5.41, 5.74) is 6.21. The standard InChI is InChI=1S/C18H21N5O3/c19-17(25)15-2-1-3-16(22-15)23-8-6-12(7-9-23)18(26)21-10-13-4-5-14(24)11-20-13/h1-5,11-12,24H,6-10H2,(H2,19,25)(H,21,26). The Morgan fingerprint density at radius 1 is 1.23 bits per heavy atom. The highest BCUT2D eigenvalue weighted by Gasteiger charge is 2.25. The number of carbonyl (C=O) groups excluding carboxylic acids is 2. The molecule has 1 fully saturated rings. The summed E-state index contributed by atoms with van der Waals surface area (Å²) in [6.07, 6.45) is 2.77. The van der Waals surface area contributed by atoms with E-state index in [2.05, 4.69) is 20.2 Å². The molecule has 0 radical (unpaired) electrons. The van der Waals surface area contributed by atoms with Gasteiger partial charge in [0.05, 0.1) is 18.4 Å². The van der Waals surface area contributed by atoms with Gasteiger partial charge in [-0.2, -0.15) is 0 Å². The van der Waals surface area contributed by atoms with Gasteiger partial charge in [-0.05, 0) is 37.1 Å². The number of nitrogens with one attached hydrogen (secondary N) is 1. The molecule has 4 N–H and O–H groups in total. The van der Waals surface area contributed by atoms with Crippen molar-refractivity contribution in [3.63, 3.8) is 0 Å². The highest BCUT2D eigenvalue weighted by Crippen LogP contribution is 2.22. The van der Waals surface area contributed by atoms with E-state index >= 15 is 0 Å². The molecule has 136 valence electrons. The first-order valence-electron chi connectivity index (χ1n) is 8.46. The third kappa shape index (κ3) is 4.27. The molecule has 3 rings (SSSR count). The van der Waals surface area contributed by atoms with Gasteiger partial charge in [-0.15, -0.1) is 0 Å². The second-order valence-electron chi connectivity index (χ2n) is 6.23. The number of carbonyl (C=O) groups is 2. The topological polar surface area (TPSA) is 121 Å². The smallest absolute Gasteiger partial charge is 0.267 e. The summed E-state index contributed by atoms with van der Waals surface area (Å²) >= 11 is 0. The van der Waals surface area contributed by atoms with E-state index in [9.17, 15) is 14.7 Å². The minimum atomic E-state index is -0.552. The van der Waals surface area contributed by atoms with Crippen LogP contribution in [-0.4, -0.2) is 40.0 Å². The van der Waals surface area contributed by atoms with E-state index in [1.54, 1.807) is 24.3 Å². The molecule has 0 aliphatic carbocycles. The van der Waals surface area contributed by atoms with E-state index in [-0.39, 0.29) is 23.3 Å². The number of rotatable bonds is 5. The Bertz CT molecular complexity index is 786. The third-order valence-electron chi connectivity index (χ3n) is 4.43. The maximum atomic E-state index is 12.3. The molecule has 0 saturated carbocycles. The second-order valence-corrected chi connectivity index (χ2v) is 6.23. The molecule has 2 amide bonds. The lowest BCUT2D eigenvalue weighted by atomic mass is 9.96. The van der Waals surface area contributed by atoms with Crippen molar-refractivity contribution in [2.75, 3.05) is 18.0 Å². The average molecular weight is 355 g/mol. The Morgan fingerprint density at radius 2 is 2.00 bits per heavy atom. The minimum Gasteiger partial charge on any atom is -0.506 e. The Morgan fingerprint density at radius 3 is 2.65 bits per heavy atom. The molecule has 0 unspecified atom stereocenters. The molecule has 2 aromatic rings. The number of piperidine rings is 1. The van der Waals surface area contributed by atoms with Gasteiger partial charge in [0, 0.05) is 19.0 Å². The highest BCUT2D eigenvalue weighted by atomic mass is 16.3. The minimum absolute atomic E-state index is 0.00151. The first-order chi connectivity index (χ1) is 12.5. The lowest BCUT2D eigenvalue weighted by Gasteiger charge is -2.32. The van der Waals surface area contributed by atoms with E-state index in [0.29, 0.717) is 44.0 Å². The number of primary amides is 1. The molecule has 2 aromatic heterocycles. The molecule has 1 aliphatic heterocycles. The van der Waals surface area contributed by atoms with Crippen LogP contribution in [0.4, 0.5) is 5.82 Å². The van der Waals surface area contributed by atoms with Crippen molar-refractivity contribution in [3.05, 3.63) is 47.9 Å². The Balaban J connectivity index is 1.51. The predicted molar refractivity (Wildman–Crippen MR) is 95.4 cm³/mol. The average Bonchev–Trinajstić information content (AvgIpc) is 2.67. The maximum Gasteiger partial charge on any atom is 0.267 e. The second kappa shape index (κ2) is 7.81. The van der Waals surface area contributed by atoms with Gasteiger partial charge in [0.15, 0.2) is 0 Å². The van der Waals surface area contributed by atoms with Crippen molar-refractivity contribution in [2.24, 2.45) is 11.7 Å². The number of anilines is 1. The van der Waals surface area contributed by atoms with Gasteiger partial charge in [0.1, 0.15) is 17.3 Å². The number of hydrogen-bond donors (Lipinski definition) is 3. The van der Waals surface area contributed by atoms with Crippen molar-refractivity contribution in [3.8, 4) is 5.75 Å². The van der Waals surface area contributed by atoms with E-state index in [1.807, 2.05) is 6.07 Å². The van der Waals surface area contributed by atoms with Gasteiger partial charge in [-0.3, -0.25) is 14.6 Å². The molecular formula is C18H21N5O3. The third-order valence-corrected chi connectivity index (χ3v) is 4.43. The van der Waals surface area contributed by atoms with Crippen molar-refractivity contribution in [1.82, 2.24) is 15.3 Å². The molecule has 3 heterocycles. The summed E-state index contributed by atoms with van der Waals surface area (Å²) in [6, 6.07) is 8.40. The van der Waals surface area contributed by atoms with Crippen LogP contribution in [0.2, 0.25) is 0 Å². The van der Waals surface area contributed by atoms with Gasteiger partial charge in [0.25, 0.3) is 5.91 Å². The molecule has 0 bridgehead atoms. The van der Waals surface area contributed by atoms with Crippen LogP contribution in [0, 0.1) is 5.92 Å². The Kier molecular flexibility index (Phi) is 5.31. The van der Waals surface area contributed by atoms with Gasteiger partial charge in [0.2, 0.25) is 5.91 Å². The van der Waals surface area contributed by atoms with Crippen molar-refractivity contribution in [1.29, 1.82) is 0 Å². The van der Waals surface area contributed by atoms with Crippen LogP contribution in [0.15, 0.2) is 36.5 Å². The van der Waals surface area contributed by atoms with Crippen LogP contribution >= 0.6 is 0 Å². The summed E-state index contributed by atoms with van der Waals surface area (Å²) in [6.45, 7) is 1.71. The van der Waals surface area contributed by atoms with E-state index in [0.717, 1.165) is 0 Å². The van der Waals surface area contributed by atoms with E-state index < -0.39 is 5.91 Å². The Labute approximate surface area is 151 Å². The number of nitrogens with zero attached hydrogens (tertiary/aromatic N) is 3. The quantitative estimate of drug-likeness (QED) is 0.730. The molecule has 0 aromatic carbocycles. The zero-order valence-corrected chi connectivity index (χ0v) is 14.3. The summed E-state index contributed by atoms with van der Waals surface area (Å²) < 4.78 is 0. The molecule has 26 heavy (non-hydrogen) atoms.